The van der Waals surface area contributed by atoms with Gasteiger partial charge in [0.2, 0.25) is 5.88 Å². The van der Waals surface area contributed by atoms with Crippen molar-refractivity contribution >= 4 is 32.9 Å². The number of hydrogen-bond donors (Lipinski definition) is 2. The highest BCUT2D eigenvalue weighted by molar-refractivity contribution is 7.21. The van der Waals surface area contributed by atoms with Gasteiger partial charge in [0.25, 0.3) is 0 Å². The van der Waals surface area contributed by atoms with Gasteiger partial charge in [0, 0.05) is 6.07 Å². The number of hydrogen-bond acceptors (Lipinski definition) is 7. The molecule has 1 fully saturated rings. The first-order valence-electron chi connectivity index (χ1n) is 8.27. The van der Waals surface area contributed by atoms with E-state index in [9.17, 15) is 4.79 Å². The van der Waals surface area contributed by atoms with E-state index in [4.69, 9.17) is 15.2 Å². The van der Waals surface area contributed by atoms with Crippen LogP contribution in [0.5, 0.6) is 5.88 Å². The number of rotatable bonds is 6. The molecule has 0 spiro atoms. The van der Waals surface area contributed by atoms with E-state index < -0.39 is 6.09 Å². The summed E-state index contributed by atoms with van der Waals surface area (Å²) in [4.78, 5) is 21.3. The lowest BCUT2D eigenvalue weighted by atomic mass is 10.2. The van der Waals surface area contributed by atoms with Crippen molar-refractivity contribution in [3.8, 4) is 5.88 Å². The molecule has 0 unspecified atom stereocenters. The van der Waals surface area contributed by atoms with E-state index in [1.54, 1.807) is 6.07 Å². The molecule has 0 atom stereocenters. The Morgan fingerprint density at radius 1 is 1.19 bits per heavy atom. The van der Waals surface area contributed by atoms with Crippen molar-refractivity contribution in [3.63, 3.8) is 0 Å². The normalized spacial score (nSPS) is 14.8. The Hall–Kier alpha value is -2.87. The van der Waals surface area contributed by atoms with Crippen LogP contribution in [0.25, 0.3) is 10.3 Å². The fourth-order valence-electron chi connectivity index (χ4n) is 2.54. The third-order valence-electron chi connectivity index (χ3n) is 4.18. The molecular formula is C18H18N4O3S. The highest BCUT2D eigenvalue weighted by atomic mass is 32.1. The number of alkyl carbamates (subject to hydrolysis) is 1. The second-order valence-electron chi connectivity index (χ2n) is 6.28. The Labute approximate surface area is 154 Å². The molecule has 1 saturated carbocycles. The fourth-order valence-corrected chi connectivity index (χ4v) is 3.24. The summed E-state index contributed by atoms with van der Waals surface area (Å²) < 4.78 is 11.0. The standard InChI is InChI=1S/C18H18N4O3S/c19-16-20-13-6-7-14(21-15(13)26-16)25-11-18(8-9-18)22-17(23)24-10-12-4-2-1-3-5-12/h1-7H,8-11H2,(H2,19,20)(H,22,23). The molecule has 1 aliphatic carbocycles. The van der Waals surface area contributed by atoms with E-state index in [0.717, 1.165) is 28.8 Å². The molecule has 134 valence electrons. The molecule has 8 heteroatoms. The monoisotopic (exact) mass is 370 g/mol. The lowest BCUT2D eigenvalue weighted by Crippen LogP contribution is -2.41. The Kier molecular flexibility index (Phi) is 4.34. The Morgan fingerprint density at radius 3 is 2.77 bits per heavy atom. The molecular weight excluding hydrogens is 352 g/mol. The number of ether oxygens (including phenoxy) is 2. The fraction of sp³-hybridized carbons (Fsp3) is 0.278. The van der Waals surface area contributed by atoms with E-state index in [0.29, 0.717) is 17.6 Å². The lowest BCUT2D eigenvalue weighted by molar-refractivity contribution is 0.128. The first-order chi connectivity index (χ1) is 12.6. The van der Waals surface area contributed by atoms with E-state index in [1.807, 2.05) is 36.4 Å². The van der Waals surface area contributed by atoms with Gasteiger partial charge < -0.3 is 20.5 Å². The number of nitrogens with two attached hydrogens (primary N) is 1. The number of fused-ring (bicyclic) bond motifs is 1. The summed E-state index contributed by atoms with van der Waals surface area (Å²) in [5.74, 6) is 0.492. The van der Waals surface area contributed by atoms with E-state index in [2.05, 4.69) is 15.3 Å². The van der Waals surface area contributed by atoms with Gasteiger partial charge in [-0.15, -0.1) is 0 Å². The number of nitrogens with zero attached hydrogens (tertiary/aromatic N) is 2. The lowest BCUT2D eigenvalue weighted by Gasteiger charge is -2.17. The predicted molar refractivity (Wildman–Crippen MR) is 99.1 cm³/mol. The number of aromatic nitrogens is 2. The van der Waals surface area contributed by atoms with Gasteiger partial charge in [-0.25, -0.2) is 14.8 Å². The molecule has 1 amide bonds. The van der Waals surface area contributed by atoms with Crippen LogP contribution in [0.4, 0.5) is 9.93 Å². The van der Waals surface area contributed by atoms with Crippen molar-refractivity contribution in [2.75, 3.05) is 12.3 Å². The topological polar surface area (TPSA) is 99.4 Å². The molecule has 0 radical (unpaired) electrons. The summed E-state index contributed by atoms with van der Waals surface area (Å²) in [5, 5.41) is 3.38. The van der Waals surface area contributed by atoms with Gasteiger partial charge >= 0.3 is 6.09 Å². The maximum absolute atomic E-state index is 12.0. The van der Waals surface area contributed by atoms with Crippen molar-refractivity contribution in [2.45, 2.75) is 25.0 Å². The second-order valence-corrected chi connectivity index (χ2v) is 7.29. The van der Waals surface area contributed by atoms with Crippen molar-refractivity contribution in [2.24, 2.45) is 0 Å². The van der Waals surface area contributed by atoms with Crippen LogP contribution in [0.2, 0.25) is 0 Å². The molecule has 3 N–H and O–H groups in total. The molecule has 4 rings (SSSR count). The third-order valence-corrected chi connectivity index (χ3v) is 4.97. The summed E-state index contributed by atoms with van der Waals surface area (Å²) in [7, 11) is 0. The molecule has 1 aromatic carbocycles. The van der Waals surface area contributed by atoms with Crippen LogP contribution in [0.1, 0.15) is 18.4 Å². The van der Waals surface area contributed by atoms with Crippen molar-refractivity contribution in [1.82, 2.24) is 15.3 Å². The van der Waals surface area contributed by atoms with Crippen LogP contribution in [0, 0.1) is 0 Å². The summed E-state index contributed by atoms with van der Waals surface area (Å²) >= 11 is 1.32. The van der Waals surface area contributed by atoms with Gasteiger partial charge in [0.1, 0.15) is 23.6 Å². The zero-order chi connectivity index (χ0) is 18.0. The number of benzene rings is 1. The van der Waals surface area contributed by atoms with Gasteiger partial charge in [-0.3, -0.25) is 0 Å². The molecule has 3 aromatic rings. The highest BCUT2D eigenvalue weighted by Crippen LogP contribution is 2.36. The van der Waals surface area contributed by atoms with E-state index in [-0.39, 0.29) is 12.1 Å². The van der Waals surface area contributed by atoms with Crippen LogP contribution in [0.3, 0.4) is 0 Å². The number of nitrogen functional groups attached to an aromatic ring is 1. The molecule has 2 aromatic heterocycles. The maximum atomic E-state index is 12.0. The van der Waals surface area contributed by atoms with Crippen LogP contribution in [-0.2, 0) is 11.3 Å². The van der Waals surface area contributed by atoms with Gasteiger partial charge in [0.15, 0.2) is 5.13 Å². The summed E-state index contributed by atoms with van der Waals surface area (Å²) in [6.07, 6.45) is 1.26. The largest absolute Gasteiger partial charge is 0.475 e. The second kappa shape index (κ2) is 6.80. The number of carbonyl (C=O) groups is 1. The summed E-state index contributed by atoms with van der Waals surface area (Å²) in [6.45, 7) is 0.592. The SMILES string of the molecule is Nc1nc2ccc(OCC3(NC(=O)OCc4ccccc4)CC3)nc2s1. The van der Waals surface area contributed by atoms with Gasteiger partial charge in [-0.05, 0) is 24.5 Å². The summed E-state index contributed by atoms with van der Waals surface area (Å²) in [6, 6.07) is 13.2. The first-order valence-corrected chi connectivity index (χ1v) is 9.08. The number of pyridine rings is 1. The number of thiazole rings is 1. The van der Waals surface area contributed by atoms with Gasteiger partial charge in [0.05, 0.1) is 5.54 Å². The Bertz CT molecular complexity index is 925. The molecule has 2 heterocycles. The van der Waals surface area contributed by atoms with Crippen molar-refractivity contribution in [1.29, 1.82) is 0 Å². The van der Waals surface area contributed by atoms with Crippen molar-refractivity contribution in [3.05, 3.63) is 48.0 Å². The number of nitrogens with one attached hydrogen (secondary N) is 1. The highest BCUT2D eigenvalue weighted by Gasteiger charge is 2.45. The van der Waals surface area contributed by atoms with Crippen LogP contribution in [-0.4, -0.2) is 28.2 Å². The minimum absolute atomic E-state index is 0.245. The molecule has 7 nitrogen and oxygen atoms in total. The van der Waals surface area contributed by atoms with Gasteiger partial charge in [-0.1, -0.05) is 41.7 Å². The average Bonchev–Trinajstić information content (AvgIpc) is 3.30. The minimum Gasteiger partial charge on any atom is -0.475 e. The van der Waals surface area contributed by atoms with Crippen LogP contribution < -0.4 is 15.8 Å². The van der Waals surface area contributed by atoms with Crippen molar-refractivity contribution < 1.29 is 14.3 Å². The molecule has 0 bridgehead atoms. The maximum Gasteiger partial charge on any atom is 0.408 e. The molecule has 26 heavy (non-hydrogen) atoms. The molecule has 1 aliphatic rings. The number of anilines is 1. The molecule has 0 aliphatic heterocycles. The Morgan fingerprint density at radius 2 is 2.00 bits per heavy atom. The van der Waals surface area contributed by atoms with Crippen LogP contribution >= 0.6 is 11.3 Å². The van der Waals surface area contributed by atoms with E-state index in [1.165, 1.54) is 11.3 Å². The quantitative estimate of drug-likeness (QED) is 0.692. The van der Waals surface area contributed by atoms with E-state index >= 15 is 0 Å². The zero-order valence-corrected chi connectivity index (χ0v) is 14.8. The molecule has 0 saturated heterocycles. The first kappa shape index (κ1) is 16.6. The smallest absolute Gasteiger partial charge is 0.408 e. The Balaban J connectivity index is 1.30. The average molecular weight is 370 g/mol. The zero-order valence-electron chi connectivity index (χ0n) is 14.0. The number of amides is 1. The van der Waals surface area contributed by atoms with Crippen LogP contribution in [0.15, 0.2) is 42.5 Å². The number of carbonyl (C=O) groups excluding carboxylic acids is 1. The van der Waals surface area contributed by atoms with Gasteiger partial charge in [-0.2, -0.15) is 0 Å². The predicted octanol–water partition coefficient (Wildman–Crippen LogP) is 3.11. The summed E-state index contributed by atoms with van der Waals surface area (Å²) in [5.41, 5.74) is 7.01. The minimum atomic E-state index is -0.436. The third kappa shape index (κ3) is 3.85.